The van der Waals surface area contributed by atoms with E-state index in [4.69, 9.17) is 4.42 Å². The topological polar surface area (TPSA) is 16.4 Å². The maximum Gasteiger partial charge on any atom is 0.207 e. The molecule has 0 saturated heterocycles. The van der Waals surface area contributed by atoms with Gasteiger partial charge in [-0.05, 0) is 76.3 Å². The van der Waals surface area contributed by atoms with E-state index in [1.54, 1.807) is 0 Å². The highest BCUT2D eigenvalue weighted by Crippen LogP contribution is 2.45. The largest absolute Gasteiger partial charge is 0.445 e. The number of furan rings is 1. The zero-order valence-electron chi connectivity index (χ0n) is 15.7. The van der Waals surface area contributed by atoms with Gasteiger partial charge in [-0.15, -0.1) is 0 Å². The molecular formula is C23H25NO. The SMILES string of the molecule is Cc1cc(C)c(N2c3ccc(C)cc3CCc3cc(C)oc32)c(C)c1. The first-order valence-electron chi connectivity index (χ1n) is 9.01. The first-order valence-corrected chi connectivity index (χ1v) is 9.01. The Hall–Kier alpha value is -2.48. The molecule has 0 spiro atoms. The van der Waals surface area contributed by atoms with Crippen molar-refractivity contribution in [2.45, 2.75) is 47.5 Å². The minimum atomic E-state index is 0.980. The summed E-state index contributed by atoms with van der Waals surface area (Å²) in [6.07, 6.45) is 2.06. The standard InChI is InChI=1S/C23H25NO/c1-14-6-9-21-19(12-14)7-8-20-13-18(5)25-23(20)24(21)22-16(3)10-15(2)11-17(22)4/h6,9-13H,7-8H2,1-5H3. The van der Waals surface area contributed by atoms with Crippen LogP contribution < -0.4 is 4.90 Å². The van der Waals surface area contributed by atoms with Gasteiger partial charge in [-0.3, -0.25) is 4.90 Å². The van der Waals surface area contributed by atoms with Crippen LogP contribution in [0, 0.1) is 34.6 Å². The zero-order valence-corrected chi connectivity index (χ0v) is 15.7. The molecule has 1 aliphatic rings. The van der Waals surface area contributed by atoms with Crippen LogP contribution in [0.4, 0.5) is 17.3 Å². The normalized spacial score (nSPS) is 13.4. The number of hydrogen-bond acceptors (Lipinski definition) is 2. The second-order valence-electron chi connectivity index (χ2n) is 7.40. The molecule has 0 bridgehead atoms. The van der Waals surface area contributed by atoms with Crippen LogP contribution >= 0.6 is 0 Å². The fourth-order valence-corrected chi connectivity index (χ4v) is 4.18. The summed E-state index contributed by atoms with van der Waals surface area (Å²) in [6.45, 7) is 10.8. The average molecular weight is 331 g/mol. The summed E-state index contributed by atoms with van der Waals surface area (Å²) in [7, 11) is 0. The van der Waals surface area contributed by atoms with Crippen molar-refractivity contribution in [3.05, 3.63) is 75.5 Å². The number of rotatable bonds is 1. The summed E-state index contributed by atoms with van der Waals surface area (Å²) in [6, 6.07) is 13.5. The van der Waals surface area contributed by atoms with Crippen LogP contribution in [0.2, 0.25) is 0 Å². The van der Waals surface area contributed by atoms with Crippen molar-refractivity contribution in [1.82, 2.24) is 0 Å². The first kappa shape index (κ1) is 16.0. The third-order valence-corrected chi connectivity index (χ3v) is 5.11. The van der Waals surface area contributed by atoms with Crippen LogP contribution in [0.25, 0.3) is 0 Å². The second-order valence-corrected chi connectivity index (χ2v) is 7.40. The summed E-state index contributed by atoms with van der Waals surface area (Å²) in [5.41, 5.74) is 10.4. The van der Waals surface area contributed by atoms with Crippen molar-refractivity contribution in [3.8, 4) is 0 Å². The van der Waals surface area contributed by atoms with Gasteiger partial charge in [0.25, 0.3) is 0 Å². The summed E-state index contributed by atoms with van der Waals surface area (Å²) in [5.74, 6) is 1.96. The molecule has 0 aliphatic carbocycles. The van der Waals surface area contributed by atoms with E-state index in [9.17, 15) is 0 Å². The lowest BCUT2D eigenvalue weighted by molar-refractivity contribution is 0.539. The van der Waals surface area contributed by atoms with Gasteiger partial charge in [0.1, 0.15) is 5.76 Å². The van der Waals surface area contributed by atoms with Gasteiger partial charge in [-0.1, -0.05) is 35.4 Å². The fourth-order valence-electron chi connectivity index (χ4n) is 4.18. The molecule has 1 aliphatic heterocycles. The first-order chi connectivity index (χ1) is 11.9. The molecule has 0 fully saturated rings. The van der Waals surface area contributed by atoms with Crippen LogP contribution in [-0.2, 0) is 12.8 Å². The highest BCUT2D eigenvalue weighted by atomic mass is 16.4. The van der Waals surface area contributed by atoms with Gasteiger partial charge in [-0.25, -0.2) is 0 Å². The van der Waals surface area contributed by atoms with Crippen molar-refractivity contribution >= 4 is 17.3 Å². The Morgan fingerprint density at radius 3 is 2.16 bits per heavy atom. The Morgan fingerprint density at radius 2 is 1.44 bits per heavy atom. The van der Waals surface area contributed by atoms with Gasteiger partial charge in [0.15, 0.2) is 0 Å². The Labute approximate surface area is 150 Å². The lowest BCUT2D eigenvalue weighted by Crippen LogP contribution is -2.14. The van der Waals surface area contributed by atoms with Crippen LogP contribution in [0.5, 0.6) is 0 Å². The van der Waals surface area contributed by atoms with E-state index in [0.717, 1.165) is 24.5 Å². The van der Waals surface area contributed by atoms with Crippen molar-refractivity contribution in [2.24, 2.45) is 0 Å². The van der Waals surface area contributed by atoms with Gasteiger partial charge in [0.2, 0.25) is 5.88 Å². The van der Waals surface area contributed by atoms with Crippen molar-refractivity contribution < 1.29 is 4.42 Å². The molecule has 4 rings (SSSR count). The minimum Gasteiger partial charge on any atom is -0.445 e. The van der Waals surface area contributed by atoms with Gasteiger partial charge in [0, 0.05) is 5.56 Å². The zero-order chi connectivity index (χ0) is 17.7. The molecule has 0 unspecified atom stereocenters. The lowest BCUT2D eigenvalue weighted by atomic mass is 10.0. The quantitative estimate of drug-likeness (QED) is 0.513. The minimum absolute atomic E-state index is 0.980. The van der Waals surface area contributed by atoms with Crippen LogP contribution in [0.15, 0.2) is 40.8 Å². The molecule has 0 saturated carbocycles. The second kappa shape index (κ2) is 5.80. The molecule has 2 aromatic carbocycles. The van der Waals surface area contributed by atoms with Gasteiger partial charge >= 0.3 is 0 Å². The molecule has 2 nitrogen and oxygen atoms in total. The third kappa shape index (κ3) is 2.66. The number of nitrogens with zero attached hydrogens (tertiary/aromatic N) is 1. The fraction of sp³-hybridized carbons (Fsp3) is 0.304. The van der Waals surface area contributed by atoms with Crippen LogP contribution in [0.3, 0.4) is 0 Å². The Morgan fingerprint density at radius 1 is 0.760 bits per heavy atom. The van der Waals surface area contributed by atoms with E-state index in [1.165, 1.54) is 44.8 Å². The number of fused-ring (bicyclic) bond motifs is 2. The summed E-state index contributed by atoms with van der Waals surface area (Å²) >= 11 is 0. The predicted octanol–water partition coefficient (Wildman–Crippen LogP) is 6.39. The summed E-state index contributed by atoms with van der Waals surface area (Å²) in [4.78, 5) is 2.34. The Balaban J connectivity index is 2.03. The Kier molecular flexibility index (Phi) is 3.72. The van der Waals surface area contributed by atoms with E-state index in [-0.39, 0.29) is 0 Å². The average Bonchev–Trinajstić information content (AvgIpc) is 2.83. The lowest BCUT2D eigenvalue weighted by Gasteiger charge is -2.28. The van der Waals surface area contributed by atoms with Crippen molar-refractivity contribution in [2.75, 3.05) is 4.90 Å². The molecule has 0 radical (unpaired) electrons. The smallest absolute Gasteiger partial charge is 0.207 e. The molecule has 0 N–H and O–H groups in total. The highest BCUT2D eigenvalue weighted by molar-refractivity contribution is 5.82. The van der Waals surface area contributed by atoms with Gasteiger partial charge < -0.3 is 4.42 Å². The Bertz CT molecular complexity index is 941. The van der Waals surface area contributed by atoms with E-state index < -0.39 is 0 Å². The molecule has 128 valence electrons. The number of hydrogen-bond donors (Lipinski definition) is 0. The molecule has 1 aromatic heterocycles. The van der Waals surface area contributed by atoms with E-state index in [2.05, 4.69) is 69.0 Å². The molecule has 2 heteroatoms. The van der Waals surface area contributed by atoms with E-state index in [1.807, 2.05) is 6.92 Å². The van der Waals surface area contributed by atoms with Gasteiger partial charge in [0.05, 0.1) is 11.4 Å². The van der Waals surface area contributed by atoms with Crippen molar-refractivity contribution in [3.63, 3.8) is 0 Å². The number of anilines is 3. The summed E-state index contributed by atoms with van der Waals surface area (Å²) < 4.78 is 6.21. The number of benzene rings is 2. The summed E-state index contributed by atoms with van der Waals surface area (Å²) in [5, 5.41) is 0. The maximum atomic E-state index is 6.21. The van der Waals surface area contributed by atoms with Crippen molar-refractivity contribution in [1.29, 1.82) is 0 Å². The molecular weight excluding hydrogens is 306 g/mol. The van der Waals surface area contributed by atoms with Gasteiger partial charge in [-0.2, -0.15) is 0 Å². The van der Waals surface area contributed by atoms with Crippen LogP contribution in [-0.4, -0.2) is 0 Å². The molecule has 0 amide bonds. The monoisotopic (exact) mass is 331 g/mol. The highest BCUT2D eigenvalue weighted by Gasteiger charge is 2.27. The molecule has 2 heterocycles. The third-order valence-electron chi connectivity index (χ3n) is 5.11. The molecule has 25 heavy (non-hydrogen) atoms. The van der Waals surface area contributed by atoms with E-state index >= 15 is 0 Å². The van der Waals surface area contributed by atoms with E-state index in [0.29, 0.717) is 0 Å². The molecule has 3 aromatic rings. The maximum absolute atomic E-state index is 6.21. The molecule has 0 atom stereocenters. The number of aryl methyl sites for hydroxylation is 7. The predicted molar refractivity (Wildman–Crippen MR) is 104 cm³/mol. The van der Waals surface area contributed by atoms with Crippen LogP contribution in [0.1, 0.15) is 39.1 Å².